The van der Waals surface area contributed by atoms with Crippen molar-refractivity contribution in [1.82, 2.24) is 10.6 Å². The van der Waals surface area contributed by atoms with Gasteiger partial charge < -0.3 is 10.6 Å². The number of carbonyl (C=O) groups is 2. The van der Waals surface area contributed by atoms with Gasteiger partial charge in [-0.1, -0.05) is 41.1 Å². The van der Waals surface area contributed by atoms with E-state index in [-0.39, 0.29) is 24.3 Å². The van der Waals surface area contributed by atoms with Gasteiger partial charge in [-0.15, -0.1) is 11.3 Å². The summed E-state index contributed by atoms with van der Waals surface area (Å²) in [7, 11) is 0. The molecule has 0 fully saturated rings. The highest BCUT2D eigenvalue weighted by molar-refractivity contribution is 9.10. The van der Waals surface area contributed by atoms with Crippen LogP contribution < -0.4 is 10.6 Å². The van der Waals surface area contributed by atoms with E-state index in [1.165, 1.54) is 11.3 Å². The lowest BCUT2D eigenvalue weighted by atomic mass is 10.0. The monoisotopic (exact) mass is 394 g/mol. The second-order valence-corrected chi connectivity index (χ2v) is 6.93. The van der Waals surface area contributed by atoms with Crippen LogP contribution in [0, 0.1) is 0 Å². The molecule has 0 aliphatic rings. The standard InChI is InChI=1S/C17H19BrN2O2S/c1-2-14(12-5-7-13(18)8-6-12)20-16(21)9-10-19-17(22)15-4-3-11-23-15/h3-8,11,14H,2,9-10H2,1H3,(H,19,22)(H,20,21). The molecule has 2 amide bonds. The fourth-order valence-electron chi connectivity index (χ4n) is 2.17. The molecular formula is C17H19BrN2O2S. The van der Waals surface area contributed by atoms with Crippen LogP contribution in [0.5, 0.6) is 0 Å². The summed E-state index contributed by atoms with van der Waals surface area (Å²) < 4.78 is 1.01. The highest BCUT2D eigenvalue weighted by atomic mass is 79.9. The molecule has 2 aromatic rings. The Kier molecular flexibility index (Phi) is 6.80. The third kappa shape index (κ3) is 5.48. The van der Waals surface area contributed by atoms with Crippen LogP contribution in [0.2, 0.25) is 0 Å². The van der Waals surface area contributed by atoms with E-state index in [0.29, 0.717) is 11.4 Å². The van der Waals surface area contributed by atoms with Crippen molar-refractivity contribution in [2.45, 2.75) is 25.8 Å². The molecule has 1 heterocycles. The molecule has 0 bridgehead atoms. The number of carbonyl (C=O) groups excluding carboxylic acids is 2. The average Bonchev–Trinajstić information content (AvgIpc) is 3.08. The number of halogens is 1. The molecule has 2 rings (SSSR count). The van der Waals surface area contributed by atoms with Crippen molar-refractivity contribution < 1.29 is 9.59 Å². The second-order valence-electron chi connectivity index (χ2n) is 5.06. The van der Waals surface area contributed by atoms with Crippen molar-refractivity contribution in [1.29, 1.82) is 0 Å². The summed E-state index contributed by atoms with van der Waals surface area (Å²) in [5.74, 6) is -0.195. The van der Waals surface area contributed by atoms with Gasteiger partial charge in [0.15, 0.2) is 0 Å². The van der Waals surface area contributed by atoms with Crippen LogP contribution in [0.1, 0.15) is 41.0 Å². The van der Waals surface area contributed by atoms with Gasteiger partial charge in [-0.3, -0.25) is 9.59 Å². The Morgan fingerprint density at radius 2 is 1.96 bits per heavy atom. The largest absolute Gasteiger partial charge is 0.351 e. The summed E-state index contributed by atoms with van der Waals surface area (Å²) in [6.07, 6.45) is 1.08. The van der Waals surface area contributed by atoms with Gasteiger partial charge in [-0.25, -0.2) is 0 Å². The van der Waals surface area contributed by atoms with E-state index in [0.717, 1.165) is 16.5 Å². The number of nitrogens with one attached hydrogen (secondary N) is 2. The third-order valence-corrected chi connectivity index (χ3v) is 4.80. The molecule has 0 radical (unpaired) electrons. The second kappa shape index (κ2) is 8.84. The minimum absolute atomic E-state index is 0.0106. The van der Waals surface area contributed by atoms with Crippen molar-refractivity contribution >= 4 is 39.1 Å². The molecule has 1 atom stereocenters. The smallest absolute Gasteiger partial charge is 0.261 e. The fraction of sp³-hybridized carbons (Fsp3) is 0.294. The van der Waals surface area contributed by atoms with E-state index in [4.69, 9.17) is 0 Å². The molecule has 0 aliphatic carbocycles. The van der Waals surface area contributed by atoms with Crippen molar-refractivity contribution in [3.63, 3.8) is 0 Å². The first kappa shape index (κ1) is 17.7. The molecule has 0 spiro atoms. The lowest BCUT2D eigenvalue weighted by Crippen LogP contribution is -2.32. The van der Waals surface area contributed by atoms with Crippen LogP contribution in [0.15, 0.2) is 46.3 Å². The van der Waals surface area contributed by atoms with Gasteiger partial charge >= 0.3 is 0 Å². The lowest BCUT2D eigenvalue weighted by molar-refractivity contribution is -0.121. The maximum absolute atomic E-state index is 12.1. The Morgan fingerprint density at radius 1 is 1.22 bits per heavy atom. The number of amides is 2. The van der Waals surface area contributed by atoms with Crippen LogP contribution in [0.25, 0.3) is 0 Å². The van der Waals surface area contributed by atoms with Crippen molar-refractivity contribution in [2.75, 3.05) is 6.54 Å². The van der Waals surface area contributed by atoms with E-state index < -0.39 is 0 Å². The first-order valence-corrected chi connectivity index (χ1v) is 9.14. The predicted molar refractivity (Wildman–Crippen MR) is 96.6 cm³/mol. The molecule has 2 N–H and O–H groups in total. The molecule has 23 heavy (non-hydrogen) atoms. The normalized spacial score (nSPS) is 11.7. The molecule has 0 saturated heterocycles. The van der Waals surface area contributed by atoms with Crippen LogP contribution >= 0.6 is 27.3 Å². The van der Waals surface area contributed by atoms with Gasteiger partial charge in [0, 0.05) is 17.4 Å². The zero-order valence-electron chi connectivity index (χ0n) is 12.8. The molecule has 1 aromatic heterocycles. The Hall–Kier alpha value is -1.66. The van der Waals surface area contributed by atoms with Gasteiger partial charge in [0.25, 0.3) is 5.91 Å². The van der Waals surface area contributed by atoms with E-state index in [1.54, 1.807) is 6.07 Å². The summed E-state index contributed by atoms with van der Waals surface area (Å²) in [4.78, 5) is 24.5. The van der Waals surface area contributed by atoms with Crippen LogP contribution in [0.3, 0.4) is 0 Å². The maximum atomic E-state index is 12.1. The summed E-state index contributed by atoms with van der Waals surface area (Å²) in [6, 6.07) is 11.5. The van der Waals surface area contributed by atoms with Crippen molar-refractivity contribution in [3.8, 4) is 0 Å². The van der Waals surface area contributed by atoms with Gasteiger partial charge in [0.05, 0.1) is 10.9 Å². The first-order valence-electron chi connectivity index (χ1n) is 7.46. The highest BCUT2D eigenvalue weighted by Gasteiger charge is 2.13. The van der Waals surface area contributed by atoms with Gasteiger partial charge in [0.1, 0.15) is 0 Å². The summed E-state index contributed by atoms with van der Waals surface area (Å²) in [5, 5.41) is 7.62. The number of benzene rings is 1. The van der Waals surface area contributed by atoms with Crippen molar-refractivity contribution in [3.05, 3.63) is 56.7 Å². The SMILES string of the molecule is CCC(NC(=O)CCNC(=O)c1cccs1)c1ccc(Br)cc1. The Labute approximate surface area is 148 Å². The highest BCUT2D eigenvalue weighted by Crippen LogP contribution is 2.19. The number of rotatable bonds is 7. The van der Waals surface area contributed by atoms with E-state index in [9.17, 15) is 9.59 Å². The van der Waals surface area contributed by atoms with Gasteiger partial charge in [-0.05, 0) is 35.6 Å². The third-order valence-electron chi connectivity index (χ3n) is 3.40. The van der Waals surface area contributed by atoms with E-state index in [1.807, 2.05) is 42.6 Å². The number of hydrogen-bond donors (Lipinski definition) is 2. The van der Waals surface area contributed by atoms with Crippen LogP contribution in [0.4, 0.5) is 0 Å². The minimum atomic E-state index is -0.132. The number of hydrogen-bond acceptors (Lipinski definition) is 3. The zero-order chi connectivity index (χ0) is 16.7. The molecular weight excluding hydrogens is 376 g/mol. The quantitative estimate of drug-likeness (QED) is 0.747. The zero-order valence-corrected chi connectivity index (χ0v) is 15.2. The number of thiophene rings is 1. The minimum Gasteiger partial charge on any atom is -0.351 e. The summed E-state index contributed by atoms with van der Waals surface area (Å²) in [5.41, 5.74) is 1.08. The molecule has 122 valence electrons. The molecule has 0 saturated carbocycles. The molecule has 1 aromatic carbocycles. The Bertz CT molecular complexity index is 641. The van der Waals surface area contributed by atoms with Gasteiger partial charge in [0.2, 0.25) is 5.91 Å². The maximum Gasteiger partial charge on any atom is 0.261 e. The van der Waals surface area contributed by atoms with Crippen molar-refractivity contribution in [2.24, 2.45) is 0 Å². The fourth-order valence-corrected chi connectivity index (χ4v) is 3.07. The average molecular weight is 395 g/mol. The van der Waals surface area contributed by atoms with Crippen LogP contribution in [-0.4, -0.2) is 18.4 Å². The molecule has 4 nitrogen and oxygen atoms in total. The first-order chi connectivity index (χ1) is 11.1. The molecule has 0 aliphatic heterocycles. The molecule has 6 heteroatoms. The molecule has 1 unspecified atom stereocenters. The summed E-state index contributed by atoms with van der Waals surface area (Å²) in [6.45, 7) is 2.37. The summed E-state index contributed by atoms with van der Waals surface area (Å²) >= 11 is 4.79. The van der Waals surface area contributed by atoms with Gasteiger partial charge in [-0.2, -0.15) is 0 Å². The Balaban J connectivity index is 1.79. The van der Waals surface area contributed by atoms with Crippen LogP contribution in [-0.2, 0) is 4.79 Å². The van der Waals surface area contributed by atoms with E-state index in [2.05, 4.69) is 26.6 Å². The van der Waals surface area contributed by atoms with E-state index >= 15 is 0 Å². The predicted octanol–water partition coefficient (Wildman–Crippen LogP) is 3.90. The lowest BCUT2D eigenvalue weighted by Gasteiger charge is -2.17. The Morgan fingerprint density at radius 3 is 2.57 bits per heavy atom. The topological polar surface area (TPSA) is 58.2 Å².